The van der Waals surface area contributed by atoms with E-state index in [0.717, 1.165) is 36.7 Å². The van der Waals surface area contributed by atoms with Gasteiger partial charge in [-0.2, -0.15) is 0 Å². The monoisotopic (exact) mass is 380 g/mol. The summed E-state index contributed by atoms with van der Waals surface area (Å²) in [5, 5.41) is 3.80. The molecule has 0 spiro atoms. The molecule has 2 rings (SSSR count). The van der Waals surface area contributed by atoms with Gasteiger partial charge in [0, 0.05) is 11.4 Å². The molecule has 2 N–H and O–H groups in total. The molecule has 8 heteroatoms. The highest BCUT2D eigenvalue weighted by atomic mass is 32.2. The first-order chi connectivity index (χ1) is 12.4. The zero-order valence-electron chi connectivity index (χ0n) is 14.5. The van der Waals surface area contributed by atoms with Crippen molar-refractivity contribution in [1.29, 1.82) is 0 Å². The highest BCUT2D eigenvalue weighted by Crippen LogP contribution is 2.17. The molecule has 1 aliphatic rings. The van der Waals surface area contributed by atoms with Gasteiger partial charge < -0.3 is 10.1 Å². The number of sulfonamides is 1. The fourth-order valence-corrected chi connectivity index (χ4v) is 3.40. The third kappa shape index (κ3) is 7.79. The largest absolute Gasteiger partial charge is 0.455 e. The number of esters is 1. The van der Waals surface area contributed by atoms with E-state index in [2.05, 4.69) is 10.0 Å². The molecule has 1 amide bonds. The Morgan fingerprint density at radius 1 is 1.12 bits per heavy atom. The smallest absolute Gasteiger partial charge is 0.321 e. The highest BCUT2D eigenvalue weighted by molar-refractivity contribution is 7.92. The molecule has 1 aromatic rings. The molecule has 0 unspecified atom stereocenters. The van der Waals surface area contributed by atoms with Gasteiger partial charge in [-0.1, -0.05) is 49.6 Å². The van der Waals surface area contributed by atoms with Crippen LogP contribution in [0.15, 0.2) is 35.7 Å². The quantitative estimate of drug-likeness (QED) is 0.667. The van der Waals surface area contributed by atoms with Gasteiger partial charge >= 0.3 is 5.97 Å². The molecule has 1 saturated carbocycles. The molecule has 7 nitrogen and oxygen atoms in total. The molecule has 1 aliphatic carbocycles. The van der Waals surface area contributed by atoms with Crippen LogP contribution in [0.5, 0.6) is 0 Å². The predicted octanol–water partition coefficient (Wildman–Crippen LogP) is 1.57. The molecule has 0 aliphatic heterocycles. The molecular formula is C18H24N2O5S. The molecule has 142 valence electrons. The summed E-state index contributed by atoms with van der Waals surface area (Å²) in [4.78, 5) is 23.3. The minimum absolute atomic E-state index is 0.136. The molecule has 0 atom stereocenters. The summed E-state index contributed by atoms with van der Waals surface area (Å²) in [6, 6.07) is 9.04. The summed E-state index contributed by atoms with van der Waals surface area (Å²) in [5.41, 5.74) is 0.722. The van der Waals surface area contributed by atoms with Gasteiger partial charge in [0.05, 0.1) is 0 Å². The van der Waals surface area contributed by atoms with Crippen molar-refractivity contribution in [1.82, 2.24) is 10.0 Å². The zero-order chi connectivity index (χ0) is 18.8. The summed E-state index contributed by atoms with van der Waals surface area (Å²) < 4.78 is 30.6. The fourth-order valence-electron chi connectivity index (χ4n) is 2.65. The molecule has 1 fully saturated rings. The molecular weight excluding hydrogens is 356 g/mol. The number of hydrogen-bond acceptors (Lipinski definition) is 5. The number of ether oxygens (including phenoxy) is 1. The molecule has 0 radical (unpaired) electrons. The van der Waals surface area contributed by atoms with E-state index >= 15 is 0 Å². The second-order valence-corrected chi connectivity index (χ2v) is 7.79. The van der Waals surface area contributed by atoms with Gasteiger partial charge in [-0.25, -0.2) is 13.1 Å². The molecule has 26 heavy (non-hydrogen) atoms. The Balaban J connectivity index is 1.68. The standard InChI is InChI=1S/C18H24N2O5S/c21-17(20-16-9-5-2-6-10-16)14-25-18(22)13-19-26(23,24)12-11-15-7-3-1-4-8-15/h1,3-4,7-8,11-12,16,19H,2,5-6,9-10,13-14H2,(H,20,21). The summed E-state index contributed by atoms with van der Waals surface area (Å²) in [7, 11) is -3.77. The van der Waals surface area contributed by atoms with Crippen LogP contribution in [-0.2, 0) is 24.3 Å². The van der Waals surface area contributed by atoms with Crippen molar-refractivity contribution in [3.63, 3.8) is 0 Å². The third-order valence-corrected chi connectivity index (χ3v) is 5.03. The molecule has 1 aromatic carbocycles. The summed E-state index contributed by atoms with van der Waals surface area (Å²) in [5.74, 6) is -1.17. The lowest BCUT2D eigenvalue weighted by atomic mass is 9.95. The van der Waals surface area contributed by atoms with Crippen LogP contribution < -0.4 is 10.0 Å². The van der Waals surface area contributed by atoms with Crippen LogP contribution in [0.3, 0.4) is 0 Å². The van der Waals surface area contributed by atoms with E-state index in [0.29, 0.717) is 0 Å². The van der Waals surface area contributed by atoms with E-state index < -0.39 is 29.1 Å². The molecule has 0 heterocycles. The minimum atomic E-state index is -3.77. The van der Waals surface area contributed by atoms with E-state index in [4.69, 9.17) is 4.74 Å². The number of benzene rings is 1. The third-order valence-electron chi connectivity index (χ3n) is 3.99. The highest BCUT2D eigenvalue weighted by Gasteiger charge is 2.17. The van der Waals surface area contributed by atoms with Gasteiger partial charge in [-0.3, -0.25) is 9.59 Å². The Morgan fingerprint density at radius 3 is 2.50 bits per heavy atom. The van der Waals surface area contributed by atoms with E-state index in [1.54, 1.807) is 24.3 Å². The summed E-state index contributed by atoms with van der Waals surface area (Å²) in [6.07, 6.45) is 6.65. The zero-order valence-corrected chi connectivity index (χ0v) is 15.3. The topological polar surface area (TPSA) is 102 Å². The van der Waals surface area contributed by atoms with Crippen molar-refractivity contribution in [2.75, 3.05) is 13.2 Å². The maximum absolute atomic E-state index is 11.8. The first-order valence-electron chi connectivity index (χ1n) is 8.62. The molecule has 0 bridgehead atoms. The van der Waals surface area contributed by atoms with E-state index in [9.17, 15) is 18.0 Å². The summed E-state index contributed by atoms with van der Waals surface area (Å²) in [6.45, 7) is -0.935. The average molecular weight is 380 g/mol. The van der Waals surface area contributed by atoms with Gasteiger partial charge in [-0.15, -0.1) is 0 Å². The Hall–Kier alpha value is -2.19. The predicted molar refractivity (Wildman–Crippen MR) is 98.4 cm³/mol. The Kier molecular flexibility index (Phi) is 7.80. The lowest BCUT2D eigenvalue weighted by Gasteiger charge is -2.22. The van der Waals surface area contributed by atoms with Gasteiger partial charge in [0.25, 0.3) is 5.91 Å². The lowest BCUT2D eigenvalue weighted by molar-refractivity contribution is -0.147. The van der Waals surface area contributed by atoms with E-state index in [1.807, 2.05) is 6.07 Å². The maximum atomic E-state index is 11.8. The van der Waals surface area contributed by atoms with Crippen LogP contribution in [0.2, 0.25) is 0 Å². The SMILES string of the molecule is O=C(COC(=O)CNS(=O)(=O)C=Cc1ccccc1)NC1CCCCC1. The Labute approximate surface area is 153 Å². The van der Waals surface area contributed by atoms with Crippen molar-refractivity contribution >= 4 is 28.0 Å². The average Bonchev–Trinajstić information content (AvgIpc) is 2.65. The number of nitrogens with one attached hydrogen (secondary N) is 2. The molecule has 0 aromatic heterocycles. The first kappa shape index (κ1) is 20.1. The van der Waals surface area contributed by atoms with Crippen LogP contribution in [0.25, 0.3) is 6.08 Å². The van der Waals surface area contributed by atoms with Gasteiger partial charge in [-0.05, 0) is 24.5 Å². The van der Waals surface area contributed by atoms with Gasteiger partial charge in [0.1, 0.15) is 6.54 Å². The second-order valence-electron chi connectivity index (χ2n) is 6.14. The lowest BCUT2D eigenvalue weighted by Crippen LogP contribution is -2.39. The van der Waals surface area contributed by atoms with Crippen molar-refractivity contribution in [3.8, 4) is 0 Å². The fraction of sp³-hybridized carbons (Fsp3) is 0.444. The van der Waals surface area contributed by atoms with Crippen molar-refractivity contribution in [2.24, 2.45) is 0 Å². The van der Waals surface area contributed by atoms with Gasteiger partial charge in [0.2, 0.25) is 10.0 Å². The number of amides is 1. The van der Waals surface area contributed by atoms with Crippen LogP contribution in [0, 0.1) is 0 Å². The maximum Gasteiger partial charge on any atom is 0.321 e. The second kappa shape index (κ2) is 10.1. The van der Waals surface area contributed by atoms with Crippen molar-refractivity contribution in [2.45, 2.75) is 38.1 Å². The summed E-state index contributed by atoms with van der Waals surface area (Å²) >= 11 is 0. The number of carbonyl (C=O) groups excluding carboxylic acids is 2. The number of hydrogen-bond donors (Lipinski definition) is 2. The van der Waals surface area contributed by atoms with Crippen LogP contribution >= 0.6 is 0 Å². The van der Waals surface area contributed by atoms with Crippen LogP contribution in [0.1, 0.15) is 37.7 Å². The Morgan fingerprint density at radius 2 is 1.81 bits per heavy atom. The van der Waals surface area contributed by atoms with Crippen molar-refractivity contribution in [3.05, 3.63) is 41.3 Å². The number of carbonyl (C=O) groups is 2. The normalized spacial score (nSPS) is 15.7. The molecule has 0 saturated heterocycles. The van der Waals surface area contributed by atoms with Crippen molar-refractivity contribution < 1.29 is 22.7 Å². The first-order valence-corrected chi connectivity index (χ1v) is 10.2. The number of rotatable bonds is 8. The Bertz CT molecular complexity index is 725. The van der Waals surface area contributed by atoms with Gasteiger partial charge in [0.15, 0.2) is 6.61 Å². The van der Waals surface area contributed by atoms with Crippen LogP contribution in [-0.4, -0.2) is 39.5 Å². The van der Waals surface area contributed by atoms with E-state index in [1.165, 1.54) is 12.5 Å². The van der Waals surface area contributed by atoms with Crippen LogP contribution in [0.4, 0.5) is 0 Å². The van der Waals surface area contributed by atoms with E-state index in [-0.39, 0.29) is 11.9 Å². The minimum Gasteiger partial charge on any atom is -0.455 e.